The van der Waals surface area contributed by atoms with Crippen LogP contribution in [-0.2, 0) is 17.8 Å². The molecule has 1 aliphatic heterocycles. The third-order valence-electron chi connectivity index (χ3n) is 4.87. The Kier molecular flexibility index (Phi) is 5.86. The second-order valence-electron chi connectivity index (χ2n) is 7.01. The van der Waals surface area contributed by atoms with Crippen molar-refractivity contribution >= 4 is 46.7 Å². The van der Waals surface area contributed by atoms with E-state index in [9.17, 15) is 18.8 Å². The Hall–Kier alpha value is -3.42. The van der Waals surface area contributed by atoms with Gasteiger partial charge in [-0.1, -0.05) is 41.4 Å². The van der Waals surface area contributed by atoms with Crippen molar-refractivity contribution < 1.29 is 28.6 Å². The molecule has 32 heavy (non-hydrogen) atoms. The van der Waals surface area contributed by atoms with E-state index in [4.69, 9.17) is 33.0 Å². The average molecular weight is 474 g/mol. The van der Waals surface area contributed by atoms with Gasteiger partial charge in [0.15, 0.2) is 0 Å². The van der Waals surface area contributed by atoms with E-state index in [2.05, 4.69) is 0 Å². The second kappa shape index (κ2) is 8.61. The Balaban J connectivity index is 1.67. The first kappa shape index (κ1) is 21.8. The van der Waals surface area contributed by atoms with E-state index in [0.29, 0.717) is 11.1 Å². The normalized spacial score (nSPS) is 12.8. The third kappa shape index (κ3) is 4.04. The largest absolute Gasteiger partial charge is 0.488 e. The van der Waals surface area contributed by atoms with Crippen molar-refractivity contribution in [3.63, 3.8) is 0 Å². The van der Waals surface area contributed by atoms with E-state index < -0.39 is 17.8 Å². The number of anilines is 1. The summed E-state index contributed by atoms with van der Waals surface area (Å²) in [4.78, 5) is 38.1. The maximum absolute atomic E-state index is 13.2. The molecule has 3 aromatic rings. The Morgan fingerprint density at radius 3 is 2.22 bits per heavy atom. The van der Waals surface area contributed by atoms with Crippen molar-refractivity contribution in [1.82, 2.24) is 0 Å². The van der Waals surface area contributed by atoms with Gasteiger partial charge in [0.1, 0.15) is 18.2 Å². The zero-order valence-corrected chi connectivity index (χ0v) is 17.8. The third-order valence-corrected chi connectivity index (χ3v) is 5.48. The van der Waals surface area contributed by atoms with Crippen molar-refractivity contribution in [2.75, 3.05) is 4.90 Å². The lowest BCUT2D eigenvalue weighted by Gasteiger charge is -2.16. The summed E-state index contributed by atoms with van der Waals surface area (Å²) in [6, 6.07) is 12.9. The van der Waals surface area contributed by atoms with Gasteiger partial charge in [0, 0.05) is 0 Å². The zero-order valence-electron chi connectivity index (χ0n) is 16.3. The number of imide groups is 1. The van der Waals surface area contributed by atoms with Gasteiger partial charge in [0.2, 0.25) is 0 Å². The van der Waals surface area contributed by atoms with Crippen LogP contribution in [0.2, 0.25) is 10.0 Å². The van der Waals surface area contributed by atoms with E-state index in [-0.39, 0.29) is 51.5 Å². The molecule has 0 radical (unpaired) electrons. The van der Waals surface area contributed by atoms with Gasteiger partial charge in [-0.2, -0.15) is 0 Å². The highest BCUT2D eigenvalue weighted by atomic mass is 35.5. The highest BCUT2D eigenvalue weighted by Crippen LogP contribution is 2.40. The van der Waals surface area contributed by atoms with Gasteiger partial charge in [0.25, 0.3) is 11.8 Å². The molecule has 0 unspecified atom stereocenters. The lowest BCUT2D eigenvalue weighted by molar-refractivity contribution is -0.136. The molecule has 4 rings (SSSR count). The molecule has 2 amide bonds. The molecule has 3 aromatic carbocycles. The molecule has 1 heterocycles. The number of nitrogens with zero attached hydrogens (tertiary/aromatic N) is 1. The Bertz CT molecular complexity index is 1260. The summed E-state index contributed by atoms with van der Waals surface area (Å²) in [5.41, 5.74) is 1.17. The van der Waals surface area contributed by atoms with E-state index in [1.165, 1.54) is 42.5 Å². The number of aliphatic carboxylic acids is 1. The number of halogens is 3. The average Bonchev–Trinajstić information content (AvgIpc) is 3.00. The van der Waals surface area contributed by atoms with Gasteiger partial charge >= 0.3 is 5.97 Å². The first-order valence-corrected chi connectivity index (χ1v) is 10.1. The quantitative estimate of drug-likeness (QED) is 0.501. The number of carbonyl (C=O) groups is 3. The van der Waals surface area contributed by atoms with Crippen molar-refractivity contribution in [3.8, 4) is 5.75 Å². The van der Waals surface area contributed by atoms with Crippen molar-refractivity contribution in [1.29, 1.82) is 0 Å². The van der Waals surface area contributed by atoms with Crippen LogP contribution in [-0.4, -0.2) is 22.9 Å². The summed E-state index contributed by atoms with van der Waals surface area (Å²) in [5, 5.41) is 9.06. The Labute approximate surface area is 191 Å². The molecule has 6 nitrogen and oxygen atoms in total. The highest BCUT2D eigenvalue weighted by molar-refractivity contribution is 6.44. The number of ether oxygens (including phenoxy) is 1. The van der Waals surface area contributed by atoms with E-state index >= 15 is 0 Å². The van der Waals surface area contributed by atoms with Crippen LogP contribution in [0.1, 0.15) is 31.8 Å². The number of benzene rings is 3. The number of rotatable bonds is 6. The number of hydrogen-bond donors (Lipinski definition) is 1. The van der Waals surface area contributed by atoms with Crippen molar-refractivity contribution in [2.24, 2.45) is 0 Å². The summed E-state index contributed by atoms with van der Waals surface area (Å²) < 4.78 is 18.9. The van der Waals surface area contributed by atoms with Gasteiger partial charge in [-0.25, -0.2) is 9.29 Å². The Morgan fingerprint density at radius 2 is 1.56 bits per heavy atom. The molecule has 0 spiro atoms. The minimum atomic E-state index is -1.04. The molecule has 0 saturated carbocycles. The van der Waals surface area contributed by atoms with Crippen molar-refractivity contribution in [2.45, 2.75) is 13.0 Å². The molecule has 1 aliphatic rings. The van der Waals surface area contributed by atoms with Crippen LogP contribution in [0.5, 0.6) is 5.75 Å². The van der Waals surface area contributed by atoms with Crippen LogP contribution >= 0.6 is 23.2 Å². The van der Waals surface area contributed by atoms with Crippen LogP contribution in [0.25, 0.3) is 0 Å². The van der Waals surface area contributed by atoms with E-state index in [1.54, 1.807) is 12.1 Å². The smallest absolute Gasteiger partial charge is 0.307 e. The predicted molar refractivity (Wildman–Crippen MR) is 116 cm³/mol. The molecule has 0 fully saturated rings. The van der Waals surface area contributed by atoms with E-state index in [1.807, 2.05) is 0 Å². The minimum absolute atomic E-state index is 0.00436. The van der Waals surface area contributed by atoms with E-state index in [0.717, 1.165) is 4.90 Å². The SMILES string of the molecule is O=C(O)Cc1ccc(N2C(=O)c3c(Cl)ccc(OCc4ccc(F)cc4)c3C2=O)c(Cl)c1. The molecule has 0 atom stereocenters. The number of carbonyl (C=O) groups excluding carboxylic acids is 2. The second-order valence-corrected chi connectivity index (χ2v) is 7.83. The Morgan fingerprint density at radius 1 is 0.906 bits per heavy atom. The standard InChI is InChI=1S/C23H14Cl2FNO5/c24-15-6-8-18(32-11-12-1-4-14(26)5-2-12)21-20(15)22(30)27(23(21)31)17-7-3-13(9-16(17)25)10-19(28)29/h1-9H,10-11H2,(H,28,29). The van der Waals surface area contributed by atoms with Crippen LogP contribution in [0.3, 0.4) is 0 Å². The van der Waals surface area contributed by atoms with Gasteiger partial charge in [-0.05, 0) is 47.5 Å². The maximum atomic E-state index is 13.2. The number of carboxylic acids is 1. The first-order chi connectivity index (χ1) is 15.3. The molecular formula is C23H14Cl2FNO5. The molecule has 9 heteroatoms. The number of hydrogen-bond acceptors (Lipinski definition) is 4. The maximum Gasteiger partial charge on any atom is 0.307 e. The summed E-state index contributed by atoms with van der Waals surface area (Å²) in [7, 11) is 0. The molecule has 1 N–H and O–H groups in total. The van der Waals surface area contributed by atoms with Gasteiger partial charge in [0.05, 0.1) is 33.3 Å². The van der Waals surface area contributed by atoms with Crippen LogP contribution in [0, 0.1) is 5.82 Å². The molecule has 0 aromatic heterocycles. The predicted octanol–water partition coefficient (Wildman–Crippen LogP) is 5.14. The van der Waals surface area contributed by atoms with Gasteiger partial charge in [-0.3, -0.25) is 14.4 Å². The fourth-order valence-corrected chi connectivity index (χ4v) is 3.92. The minimum Gasteiger partial charge on any atom is -0.488 e. The first-order valence-electron chi connectivity index (χ1n) is 9.35. The lowest BCUT2D eigenvalue weighted by atomic mass is 10.1. The summed E-state index contributed by atoms with van der Waals surface area (Å²) in [6.07, 6.45) is -0.255. The molecule has 0 aliphatic carbocycles. The van der Waals surface area contributed by atoms with Gasteiger partial charge in [-0.15, -0.1) is 0 Å². The van der Waals surface area contributed by atoms with Crippen LogP contribution < -0.4 is 9.64 Å². The summed E-state index contributed by atoms with van der Waals surface area (Å²) in [6.45, 7) is 0.0421. The van der Waals surface area contributed by atoms with Gasteiger partial charge < -0.3 is 9.84 Å². The highest BCUT2D eigenvalue weighted by Gasteiger charge is 2.41. The summed E-state index contributed by atoms with van der Waals surface area (Å²) >= 11 is 12.5. The van der Waals surface area contributed by atoms with Crippen LogP contribution in [0.15, 0.2) is 54.6 Å². The fraction of sp³-hybridized carbons (Fsp3) is 0.0870. The zero-order chi connectivity index (χ0) is 23.0. The summed E-state index contributed by atoms with van der Waals surface area (Å²) in [5.74, 6) is -2.62. The molecule has 162 valence electrons. The van der Waals surface area contributed by atoms with Crippen LogP contribution in [0.4, 0.5) is 10.1 Å². The molecule has 0 saturated heterocycles. The molecular weight excluding hydrogens is 460 g/mol. The fourth-order valence-electron chi connectivity index (χ4n) is 3.39. The van der Waals surface area contributed by atoms with Crippen molar-refractivity contribution in [3.05, 3.63) is 92.7 Å². The lowest BCUT2D eigenvalue weighted by Crippen LogP contribution is -2.29. The number of amides is 2. The monoisotopic (exact) mass is 473 g/mol. The number of fused-ring (bicyclic) bond motifs is 1. The topological polar surface area (TPSA) is 83.9 Å². The molecule has 0 bridgehead atoms. The number of carboxylic acid groups (broad SMARTS) is 1.